The molecule has 0 aromatic carbocycles. The number of rotatable bonds is 6. The maximum Gasteiger partial charge on any atom is 0.219 e. The second kappa shape index (κ2) is 8.26. The lowest BCUT2D eigenvalue weighted by Crippen LogP contribution is -2.26. The second-order valence-electron chi connectivity index (χ2n) is 2.00. The molecule has 1 N–H and O–H groups in total. The van der Waals surface area contributed by atoms with Gasteiger partial charge in [-0.3, -0.25) is 4.79 Å². The molecule has 0 spiro atoms. The highest BCUT2D eigenvalue weighted by Crippen LogP contribution is 1.81. The molecule has 0 aromatic heterocycles. The standard InChI is InChI=1S/C7H14INO2/c1-2-7(10)9-4-6-11-5-3-8/h2-6H2,1H3,(H,9,10). The average Bonchev–Trinajstić information content (AvgIpc) is 2.04. The lowest BCUT2D eigenvalue weighted by atomic mass is 10.4. The average molecular weight is 271 g/mol. The monoisotopic (exact) mass is 271 g/mol. The van der Waals surface area contributed by atoms with Crippen LogP contribution in [-0.4, -0.2) is 30.1 Å². The van der Waals surface area contributed by atoms with Crippen molar-refractivity contribution in [3.8, 4) is 0 Å². The van der Waals surface area contributed by atoms with Crippen LogP contribution in [0.5, 0.6) is 0 Å². The highest BCUT2D eigenvalue weighted by Gasteiger charge is 1.93. The van der Waals surface area contributed by atoms with Gasteiger partial charge in [0, 0.05) is 17.4 Å². The molecule has 0 aliphatic carbocycles. The van der Waals surface area contributed by atoms with Crippen LogP contribution in [0.1, 0.15) is 13.3 Å². The van der Waals surface area contributed by atoms with E-state index in [0.29, 0.717) is 19.6 Å². The smallest absolute Gasteiger partial charge is 0.219 e. The fourth-order valence-corrected chi connectivity index (χ4v) is 0.856. The number of carbonyl (C=O) groups is 1. The predicted molar refractivity (Wildman–Crippen MR) is 53.0 cm³/mol. The summed E-state index contributed by atoms with van der Waals surface area (Å²) in [6, 6.07) is 0. The largest absolute Gasteiger partial charge is 0.379 e. The van der Waals surface area contributed by atoms with E-state index in [0.717, 1.165) is 11.0 Å². The van der Waals surface area contributed by atoms with Crippen molar-refractivity contribution in [2.75, 3.05) is 24.2 Å². The summed E-state index contributed by atoms with van der Waals surface area (Å²) < 4.78 is 6.15. The lowest BCUT2D eigenvalue weighted by molar-refractivity contribution is -0.121. The third-order valence-electron chi connectivity index (χ3n) is 1.11. The van der Waals surface area contributed by atoms with E-state index in [1.807, 2.05) is 6.92 Å². The number of amides is 1. The number of alkyl halides is 1. The van der Waals surface area contributed by atoms with Gasteiger partial charge in [0.25, 0.3) is 0 Å². The molecule has 3 nitrogen and oxygen atoms in total. The first-order valence-corrected chi connectivity index (χ1v) is 5.24. The minimum Gasteiger partial charge on any atom is -0.379 e. The molecule has 0 aromatic rings. The van der Waals surface area contributed by atoms with Gasteiger partial charge in [0.1, 0.15) is 0 Å². The Labute approximate surface area is 81.0 Å². The van der Waals surface area contributed by atoms with Crippen molar-refractivity contribution in [1.82, 2.24) is 5.32 Å². The van der Waals surface area contributed by atoms with Crippen LogP contribution >= 0.6 is 22.6 Å². The maximum absolute atomic E-state index is 10.7. The molecule has 0 atom stereocenters. The molecule has 0 bridgehead atoms. The highest BCUT2D eigenvalue weighted by atomic mass is 127. The van der Waals surface area contributed by atoms with Crippen molar-refractivity contribution in [1.29, 1.82) is 0 Å². The summed E-state index contributed by atoms with van der Waals surface area (Å²) in [4.78, 5) is 10.7. The Kier molecular flexibility index (Phi) is 8.38. The first-order valence-electron chi connectivity index (χ1n) is 3.71. The predicted octanol–water partition coefficient (Wildman–Crippen LogP) is 0.964. The Morgan fingerprint density at radius 1 is 1.55 bits per heavy atom. The van der Waals surface area contributed by atoms with Gasteiger partial charge in [-0.2, -0.15) is 0 Å². The topological polar surface area (TPSA) is 38.3 Å². The Bertz CT molecular complexity index is 109. The van der Waals surface area contributed by atoms with Crippen LogP contribution in [0.4, 0.5) is 0 Å². The van der Waals surface area contributed by atoms with Crippen LogP contribution in [0.15, 0.2) is 0 Å². The van der Waals surface area contributed by atoms with Gasteiger partial charge in [-0.15, -0.1) is 0 Å². The summed E-state index contributed by atoms with van der Waals surface area (Å²) in [6.45, 7) is 3.85. The van der Waals surface area contributed by atoms with E-state index in [1.165, 1.54) is 0 Å². The first kappa shape index (κ1) is 11.2. The molecule has 0 saturated carbocycles. The number of hydrogen-bond donors (Lipinski definition) is 1. The second-order valence-corrected chi connectivity index (χ2v) is 3.08. The van der Waals surface area contributed by atoms with E-state index in [2.05, 4.69) is 27.9 Å². The fourth-order valence-electron chi connectivity index (χ4n) is 0.544. The van der Waals surface area contributed by atoms with Crippen molar-refractivity contribution in [3.63, 3.8) is 0 Å². The van der Waals surface area contributed by atoms with E-state index >= 15 is 0 Å². The molecule has 4 heteroatoms. The molecule has 0 fully saturated rings. The van der Waals surface area contributed by atoms with Crippen molar-refractivity contribution in [2.45, 2.75) is 13.3 Å². The summed E-state index contributed by atoms with van der Waals surface area (Å²) >= 11 is 2.25. The minimum atomic E-state index is 0.0862. The van der Waals surface area contributed by atoms with Gasteiger partial charge in [-0.05, 0) is 0 Å². The number of carbonyl (C=O) groups excluding carboxylic acids is 1. The molecule has 0 aliphatic rings. The molecule has 0 unspecified atom stereocenters. The summed E-state index contributed by atoms with van der Waals surface area (Å²) in [7, 11) is 0. The van der Waals surface area contributed by atoms with Gasteiger partial charge in [0.05, 0.1) is 13.2 Å². The van der Waals surface area contributed by atoms with Gasteiger partial charge in [-0.25, -0.2) is 0 Å². The van der Waals surface area contributed by atoms with Crippen LogP contribution < -0.4 is 5.32 Å². The third-order valence-corrected chi connectivity index (χ3v) is 1.55. The Morgan fingerprint density at radius 2 is 2.27 bits per heavy atom. The first-order chi connectivity index (χ1) is 5.31. The van der Waals surface area contributed by atoms with Crippen LogP contribution in [0.25, 0.3) is 0 Å². The number of ether oxygens (including phenoxy) is 1. The van der Waals surface area contributed by atoms with Crippen LogP contribution in [0.2, 0.25) is 0 Å². The van der Waals surface area contributed by atoms with Gasteiger partial charge in [-0.1, -0.05) is 29.5 Å². The minimum absolute atomic E-state index is 0.0862. The van der Waals surface area contributed by atoms with Crippen LogP contribution in [-0.2, 0) is 9.53 Å². The molecular formula is C7H14INO2. The highest BCUT2D eigenvalue weighted by molar-refractivity contribution is 14.1. The Balaban J connectivity index is 2.95. The normalized spacial score (nSPS) is 9.64. The fraction of sp³-hybridized carbons (Fsp3) is 0.857. The number of hydrogen-bond acceptors (Lipinski definition) is 2. The Hall–Kier alpha value is 0.160. The molecule has 0 rings (SSSR count). The van der Waals surface area contributed by atoms with E-state index in [-0.39, 0.29) is 5.91 Å². The quantitative estimate of drug-likeness (QED) is 0.444. The summed E-state index contributed by atoms with van der Waals surface area (Å²) in [5, 5.41) is 2.72. The van der Waals surface area contributed by atoms with Gasteiger partial charge in [0.15, 0.2) is 0 Å². The van der Waals surface area contributed by atoms with E-state index in [1.54, 1.807) is 0 Å². The van der Waals surface area contributed by atoms with Crippen molar-refractivity contribution < 1.29 is 9.53 Å². The molecule has 0 radical (unpaired) electrons. The summed E-state index contributed by atoms with van der Waals surface area (Å²) in [5.74, 6) is 0.0862. The zero-order valence-corrected chi connectivity index (χ0v) is 8.89. The molecule has 1 amide bonds. The maximum atomic E-state index is 10.7. The van der Waals surface area contributed by atoms with Gasteiger partial charge in [0.2, 0.25) is 5.91 Å². The van der Waals surface area contributed by atoms with Gasteiger partial charge >= 0.3 is 0 Å². The molecule has 66 valence electrons. The van der Waals surface area contributed by atoms with Crippen LogP contribution in [0, 0.1) is 0 Å². The number of halogens is 1. The van der Waals surface area contributed by atoms with E-state index in [9.17, 15) is 4.79 Å². The summed E-state index contributed by atoms with van der Waals surface area (Å²) in [6.07, 6.45) is 0.548. The third kappa shape index (κ3) is 8.06. The molecule has 0 saturated heterocycles. The zero-order valence-electron chi connectivity index (χ0n) is 6.73. The lowest BCUT2D eigenvalue weighted by Gasteiger charge is -2.02. The molecule has 11 heavy (non-hydrogen) atoms. The Morgan fingerprint density at radius 3 is 2.82 bits per heavy atom. The van der Waals surface area contributed by atoms with Gasteiger partial charge < -0.3 is 10.1 Å². The SMILES string of the molecule is CCC(=O)NCCOCCI. The molecular weight excluding hydrogens is 257 g/mol. The van der Waals surface area contributed by atoms with E-state index < -0.39 is 0 Å². The van der Waals surface area contributed by atoms with Crippen molar-refractivity contribution in [2.24, 2.45) is 0 Å². The van der Waals surface area contributed by atoms with Crippen molar-refractivity contribution >= 4 is 28.5 Å². The zero-order chi connectivity index (χ0) is 8.53. The molecule has 0 aliphatic heterocycles. The van der Waals surface area contributed by atoms with Crippen molar-refractivity contribution in [3.05, 3.63) is 0 Å². The number of nitrogens with one attached hydrogen (secondary N) is 1. The molecule has 0 heterocycles. The van der Waals surface area contributed by atoms with E-state index in [4.69, 9.17) is 4.74 Å². The van der Waals surface area contributed by atoms with Crippen LogP contribution in [0.3, 0.4) is 0 Å². The summed E-state index contributed by atoms with van der Waals surface area (Å²) in [5.41, 5.74) is 0.